The van der Waals surface area contributed by atoms with Gasteiger partial charge >= 0.3 is 19.8 Å². The number of nitrogen functional groups attached to an aromatic ring is 1. The number of aliphatic hydroxyl groups is 2. The molecule has 20 heteroatoms. The van der Waals surface area contributed by atoms with Crippen LogP contribution in [-0.4, -0.2) is 80.8 Å². The smallest absolute Gasteiger partial charge is 0.437 e. The summed E-state index contributed by atoms with van der Waals surface area (Å²) < 4.78 is 60.7. The van der Waals surface area contributed by atoms with E-state index < -0.39 is 97.6 Å². The highest BCUT2D eigenvalue weighted by Gasteiger charge is 2.63. The van der Waals surface area contributed by atoms with Crippen LogP contribution in [0.2, 0.25) is 0 Å². The summed E-state index contributed by atoms with van der Waals surface area (Å²) in [6.07, 6.45) is -3.63. The average molecular weight is 666 g/mol. The van der Waals surface area contributed by atoms with E-state index in [9.17, 15) is 34.0 Å². The Morgan fingerprint density at radius 3 is 2.04 bits per heavy atom. The summed E-state index contributed by atoms with van der Waals surface area (Å²) >= 11 is 0. The van der Waals surface area contributed by atoms with Crippen molar-refractivity contribution in [2.75, 3.05) is 25.9 Å². The molecule has 3 rings (SSSR count). The third-order valence-electron chi connectivity index (χ3n) is 6.53. The predicted molar refractivity (Wildman–Crippen MR) is 150 cm³/mol. The van der Waals surface area contributed by atoms with Crippen molar-refractivity contribution in [1.29, 1.82) is 0 Å². The summed E-state index contributed by atoms with van der Waals surface area (Å²) in [6.45, 7) is 6.80. The molecule has 0 unspecified atom stereocenters. The number of alkyl halides is 1. The maximum Gasteiger partial charge on any atom is 0.480 e. The quantitative estimate of drug-likeness (QED) is 0.126. The number of aliphatic hydroxyl groups excluding tert-OH is 2. The Labute approximate surface area is 255 Å². The summed E-state index contributed by atoms with van der Waals surface area (Å²) in [4.78, 5) is 54.9. The van der Waals surface area contributed by atoms with Crippen LogP contribution in [0, 0.1) is 10.8 Å². The standard InChI is InChI=1S/C25H37FN5O13P/c1-22(2,3)19(36)39-10-42-45(38,43-11-40-20(37)23(4,5)6)41-9-25(26)15(33)14(32)24(7,44-25)31-8-12(16(27)34)13-17(31)29-21(28)30-18(13)35/h8,14-15,32-33H,9-11H2,1-7H3,(H2,27,34)(H3,28,29,30,35)/t14-,15+,24-,25-/m1/s1. The number of ether oxygens (including phenoxy) is 3. The second-order valence-corrected chi connectivity index (χ2v) is 14.0. The number of nitrogens with one attached hydrogen (secondary N) is 1. The minimum absolute atomic E-state index is 0.359. The van der Waals surface area contributed by atoms with Crippen LogP contribution in [-0.2, 0) is 47.7 Å². The lowest BCUT2D eigenvalue weighted by Gasteiger charge is -2.30. The maximum atomic E-state index is 16.2. The number of primary amides is 1. The van der Waals surface area contributed by atoms with Crippen LogP contribution in [0.4, 0.5) is 10.3 Å². The average Bonchev–Trinajstić information content (AvgIpc) is 3.37. The van der Waals surface area contributed by atoms with Crippen LogP contribution in [0.25, 0.3) is 11.0 Å². The molecule has 0 spiro atoms. The van der Waals surface area contributed by atoms with Gasteiger partial charge in [-0.25, -0.2) is 18.0 Å². The SMILES string of the molecule is CC(C)(C)C(=O)OCOP(=O)(OCOC(=O)C(C)(C)C)OC[C@@]1(F)O[C@@](C)(n2cc(C(N)=O)c3c(=O)[nH]c(N)nc32)[C@H](O)[C@@H]1O. The molecule has 7 N–H and O–H groups in total. The van der Waals surface area contributed by atoms with Gasteiger partial charge in [0.25, 0.3) is 17.3 Å². The lowest BCUT2D eigenvalue weighted by Crippen LogP contribution is -2.44. The third-order valence-corrected chi connectivity index (χ3v) is 7.82. The number of halogens is 1. The number of phosphoric ester groups is 1. The number of phosphoric acid groups is 1. The molecule has 18 nitrogen and oxygen atoms in total. The summed E-state index contributed by atoms with van der Waals surface area (Å²) in [5, 5.41) is 21.3. The number of aromatic nitrogens is 3. The van der Waals surface area contributed by atoms with Gasteiger partial charge in [0.1, 0.15) is 18.8 Å². The number of carbonyl (C=O) groups is 3. The number of fused-ring (bicyclic) bond motifs is 1. The number of amides is 1. The second kappa shape index (κ2) is 12.4. The van der Waals surface area contributed by atoms with Crippen LogP contribution >= 0.6 is 7.82 Å². The van der Waals surface area contributed by atoms with Crippen molar-refractivity contribution in [3.05, 3.63) is 22.1 Å². The molecular weight excluding hydrogens is 628 g/mol. The van der Waals surface area contributed by atoms with Gasteiger partial charge < -0.3 is 35.9 Å². The fourth-order valence-electron chi connectivity index (χ4n) is 3.98. The predicted octanol–water partition coefficient (Wildman–Crippen LogP) is 0.748. The molecule has 0 bridgehead atoms. The van der Waals surface area contributed by atoms with Gasteiger partial charge in [0, 0.05) is 6.20 Å². The van der Waals surface area contributed by atoms with E-state index >= 15 is 4.39 Å². The van der Waals surface area contributed by atoms with E-state index in [2.05, 4.69) is 9.97 Å². The van der Waals surface area contributed by atoms with E-state index in [1.807, 2.05) is 0 Å². The highest BCUT2D eigenvalue weighted by Crippen LogP contribution is 2.52. The molecule has 4 atom stereocenters. The van der Waals surface area contributed by atoms with Gasteiger partial charge in [-0.3, -0.25) is 33.3 Å². The Morgan fingerprint density at radius 1 is 1.07 bits per heavy atom. The molecule has 1 aliphatic heterocycles. The van der Waals surface area contributed by atoms with Crippen molar-refractivity contribution >= 4 is 42.7 Å². The van der Waals surface area contributed by atoms with Gasteiger partial charge in [0.15, 0.2) is 11.4 Å². The Hall–Kier alpha value is -3.45. The third kappa shape index (κ3) is 7.51. The molecule has 1 aliphatic rings. The first-order valence-corrected chi connectivity index (χ1v) is 14.8. The Balaban J connectivity index is 1.90. The number of H-pyrrole nitrogens is 1. The van der Waals surface area contributed by atoms with Crippen molar-refractivity contribution < 1.29 is 61.3 Å². The Morgan fingerprint density at radius 2 is 1.58 bits per heavy atom. The van der Waals surface area contributed by atoms with Gasteiger partial charge in [0.05, 0.1) is 21.8 Å². The fraction of sp³-hybridized carbons (Fsp3) is 0.640. The summed E-state index contributed by atoms with van der Waals surface area (Å²) in [5.74, 6) is -6.42. The molecule has 2 aromatic heterocycles. The van der Waals surface area contributed by atoms with Crippen LogP contribution in [0.5, 0.6) is 0 Å². The highest BCUT2D eigenvalue weighted by molar-refractivity contribution is 7.48. The first-order valence-electron chi connectivity index (χ1n) is 13.3. The number of carbonyl (C=O) groups excluding carboxylic acids is 3. The van der Waals surface area contributed by atoms with E-state index in [4.69, 9.17) is 39.2 Å². The highest BCUT2D eigenvalue weighted by atomic mass is 31.2. The molecule has 1 fully saturated rings. The number of nitrogens with zero attached hydrogens (tertiary/aromatic N) is 2. The molecule has 0 radical (unpaired) electrons. The van der Waals surface area contributed by atoms with Gasteiger partial charge in [0.2, 0.25) is 19.5 Å². The summed E-state index contributed by atoms with van der Waals surface area (Å²) in [5.41, 5.74) is 5.11. The van der Waals surface area contributed by atoms with E-state index in [1.165, 1.54) is 41.5 Å². The van der Waals surface area contributed by atoms with Gasteiger partial charge in [-0.2, -0.15) is 4.98 Å². The van der Waals surface area contributed by atoms with E-state index in [-0.39, 0.29) is 11.0 Å². The number of nitrogens with two attached hydrogens (primary N) is 2. The number of anilines is 1. The van der Waals surface area contributed by atoms with Crippen molar-refractivity contribution in [3.63, 3.8) is 0 Å². The van der Waals surface area contributed by atoms with Gasteiger partial charge in [-0.05, 0) is 48.5 Å². The zero-order valence-electron chi connectivity index (χ0n) is 25.6. The number of hydrogen-bond acceptors (Lipinski definition) is 15. The first kappa shape index (κ1) is 36.0. The largest absolute Gasteiger partial charge is 0.480 e. The summed E-state index contributed by atoms with van der Waals surface area (Å²) in [7, 11) is -4.96. The molecule has 0 saturated carbocycles. The topological polar surface area (TPSA) is 267 Å². The molecule has 2 aromatic rings. The van der Waals surface area contributed by atoms with Crippen LogP contribution < -0.4 is 17.0 Å². The molecule has 1 amide bonds. The lowest BCUT2D eigenvalue weighted by atomic mass is 9.98. The molecular formula is C25H37FN5O13P. The lowest BCUT2D eigenvalue weighted by molar-refractivity contribution is -0.237. The first-order chi connectivity index (χ1) is 20.4. The minimum Gasteiger partial charge on any atom is -0.437 e. The molecule has 0 aliphatic carbocycles. The zero-order chi connectivity index (χ0) is 34.3. The Bertz CT molecular complexity index is 1550. The molecule has 0 aromatic carbocycles. The second-order valence-electron chi connectivity index (χ2n) is 12.3. The monoisotopic (exact) mass is 665 g/mol. The van der Waals surface area contributed by atoms with Gasteiger partial charge in [-0.1, -0.05) is 0 Å². The number of aromatic amines is 1. The molecule has 1 saturated heterocycles. The normalized spacial score (nSPS) is 24.1. The van der Waals surface area contributed by atoms with Crippen molar-refractivity contribution in [2.45, 2.75) is 72.3 Å². The number of hydrogen-bond donors (Lipinski definition) is 5. The fourth-order valence-corrected chi connectivity index (χ4v) is 4.90. The molecule has 3 heterocycles. The maximum absolute atomic E-state index is 16.2. The molecule has 45 heavy (non-hydrogen) atoms. The van der Waals surface area contributed by atoms with E-state index in [0.29, 0.717) is 0 Å². The summed E-state index contributed by atoms with van der Waals surface area (Å²) in [6, 6.07) is 0. The zero-order valence-corrected chi connectivity index (χ0v) is 26.5. The minimum atomic E-state index is -4.96. The van der Waals surface area contributed by atoms with Crippen molar-refractivity contribution in [1.82, 2.24) is 14.5 Å². The van der Waals surface area contributed by atoms with E-state index in [1.54, 1.807) is 0 Å². The van der Waals surface area contributed by atoms with Crippen LogP contribution in [0.1, 0.15) is 58.8 Å². The van der Waals surface area contributed by atoms with E-state index in [0.717, 1.165) is 17.7 Å². The van der Waals surface area contributed by atoms with Crippen molar-refractivity contribution in [3.8, 4) is 0 Å². The van der Waals surface area contributed by atoms with Crippen LogP contribution in [0.15, 0.2) is 11.0 Å². The molecule has 252 valence electrons. The Kier molecular flexibility index (Phi) is 9.92. The van der Waals surface area contributed by atoms with Crippen molar-refractivity contribution in [2.24, 2.45) is 16.6 Å². The van der Waals surface area contributed by atoms with Gasteiger partial charge in [-0.15, -0.1) is 0 Å². The van der Waals surface area contributed by atoms with Crippen LogP contribution in [0.3, 0.4) is 0 Å². The number of rotatable bonds is 11. The number of esters is 2.